The minimum Gasteiger partial charge on any atom is -0.247 e. The van der Waals surface area contributed by atoms with Crippen LogP contribution in [0.2, 0.25) is 0 Å². The fourth-order valence-electron chi connectivity index (χ4n) is 4.92. The summed E-state index contributed by atoms with van der Waals surface area (Å²) in [5, 5.41) is 0. The van der Waals surface area contributed by atoms with Crippen LogP contribution in [0, 0.1) is 0 Å². The van der Waals surface area contributed by atoms with Crippen LogP contribution in [0.5, 0.6) is 0 Å². The number of allylic oxidation sites excluding steroid dienone is 2. The molecule has 0 unspecified atom stereocenters. The van der Waals surface area contributed by atoms with Crippen LogP contribution >= 0.6 is 23.5 Å². The van der Waals surface area contributed by atoms with Crippen LogP contribution in [-0.2, 0) is 10.8 Å². The van der Waals surface area contributed by atoms with Gasteiger partial charge in [0.25, 0.3) is 0 Å². The molecule has 4 aromatic rings. The van der Waals surface area contributed by atoms with E-state index in [0.29, 0.717) is 0 Å². The third-order valence-corrected chi connectivity index (χ3v) is 9.78. The first kappa shape index (κ1) is 26.9. The van der Waals surface area contributed by atoms with Crippen LogP contribution < -0.4 is 0 Å². The largest absolute Gasteiger partial charge is 0.247 e. The first-order valence-electron chi connectivity index (χ1n) is 13.8. The quantitative estimate of drug-likeness (QED) is 0.244. The zero-order valence-electron chi connectivity index (χ0n) is 23.9. The van der Waals surface area contributed by atoms with E-state index in [2.05, 4.69) is 139 Å². The molecule has 0 spiro atoms. The number of hydrogen-bond acceptors (Lipinski definition) is 4. The van der Waals surface area contributed by atoms with Crippen molar-refractivity contribution in [2.45, 2.75) is 62.2 Å². The van der Waals surface area contributed by atoms with Crippen LogP contribution in [0.4, 0.5) is 11.4 Å². The molecule has 0 N–H and O–H groups in total. The monoisotopic (exact) mass is 558 g/mol. The molecule has 0 bridgehead atoms. The van der Waals surface area contributed by atoms with Crippen molar-refractivity contribution in [3.8, 4) is 0 Å². The van der Waals surface area contributed by atoms with Crippen molar-refractivity contribution in [3.63, 3.8) is 0 Å². The molecule has 0 fully saturated rings. The average Bonchev–Trinajstić information content (AvgIpc) is 3.46. The van der Waals surface area contributed by atoms with Gasteiger partial charge < -0.3 is 0 Å². The van der Waals surface area contributed by atoms with Crippen molar-refractivity contribution in [2.75, 3.05) is 0 Å². The van der Waals surface area contributed by atoms with Gasteiger partial charge in [0.1, 0.15) is 0 Å². The summed E-state index contributed by atoms with van der Waals surface area (Å²) in [6.45, 7) is 13.5. The summed E-state index contributed by atoms with van der Waals surface area (Å²) in [4.78, 5) is 15.3. The highest BCUT2D eigenvalue weighted by atomic mass is 32.2. The Morgan fingerprint density at radius 3 is 1.15 bits per heavy atom. The van der Waals surface area contributed by atoms with Crippen molar-refractivity contribution in [1.29, 1.82) is 0 Å². The minimum atomic E-state index is 0.108. The van der Waals surface area contributed by atoms with E-state index in [0.717, 1.165) is 22.8 Å². The fourth-order valence-corrected chi connectivity index (χ4v) is 7.34. The lowest BCUT2D eigenvalue weighted by atomic mass is 9.87. The number of benzene rings is 4. The number of fused-ring (bicyclic) bond motifs is 2. The molecule has 200 valence electrons. The van der Waals surface area contributed by atoms with Crippen LogP contribution in [0.15, 0.2) is 127 Å². The summed E-state index contributed by atoms with van der Waals surface area (Å²) in [5.74, 6) is 0. The second-order valence-electron chi connectivity index (χ2n) is 12.4. The van der Waals surface area contributed by atoms with Crippen LogP contribution in [-0.4, -0.2) is 11.4 Å². The molecule has 0 aliphatic carbocycles. The first-order valence-corrected chi connectivity index (χ1v) is 15.4. The van der Waals surface area contributed by atoms with Crippen molar-refractivity contribution >= 4 is 46.3 Å². The van der Waals surface area contributed by atoms with E-state index >= 15 is 0 Å². The minimum absolute atomic E-state index is 0.108. The van der Waals surface area contributed by atoms with E-state index in [9.17, 15) is 0 Å². The van der Waals surface area contributed by atoms with Crippen LogP contribution in [0.1, 0.15) is 63.8 Å². The highest BCUT2D eigenvalue weighted by Gasteiger charge is 2.34. The van der Waals surface area contributed by atoms with Gasteiger partial charge in [-0.3, -0.25) is 0 Å². The Balaban J connectivity index is 1.50. The molecule has 4 aromatic carbocycles. The lowest BCUT2D eigenvalue weighted by molar-refractivity contribution is 0.590. The molecule has 0 radical (unpaired) electrons. The maximum atomic E-state index is 5.26. The molecular formula is C36H34N2S2. The molecule has 2 nitrogen and oxygen atoms in total. The predicted molar refractivity (Wildman–Crippen MR) is 174 cm³/mol. The van der Waals surface area contributed by atoms with Gasteiger partial charge in [-0.15, -0.1) is 0 Å². The summed E-state index contributed by atoms with van der Waals surface area (Å²) >= 11 is 3.61. The zero-order chi connectivity index (χ0) is 28.1. The molecule has 2 aliphatic rings. The topological polar surface area (TPSA) is 24.7 Å². The number of thioether (sulfide) groups is 2. The number of hydrogen-bond donors (Lipinski definition) is 0. The molecule has 0 aromatic heterocycles. The zero-order valence-corrected chi connectivity index (χ0v) is 25.6. The van der Waals surface area contributed by atoms with Crippen molar-refractivity contribution < 1.29 is 0 Å². The standard InChI is InChI=1S/C36H34N2S2/c1-35(2,3)23-15-19-25(20-16-23)37-31-27-11-7-9-13-29(27)39-33(31)34-32(28-12-8-10-14-30(28)40-34)38-26-21-17-24(18-22-26)36(4,5)6/h7-22H,1-6H3/b34-33+,37-31?,38-32?. The Kier molecular flexibility index (Phi) is 6.88. The van der Waals surface area contributed by atoms with Gasteiger partial charge >= 0.3 is 0 Å². The number of nitrogens with zero attached hydrogens (tertiary/aromatic N) is 2. The number of aliphatic imine (C=N–C) groups is 2. The third kappa shape index (κ3) is 5.23. The predicted octanol–water partition coefficient (Wildman–Crippen LogP) is 10.6. The maximum absolute atomic E-state index is 5.26. The van der Waals surface area contributed by atoms with E-state index in [-0.39, 0.29) is 10.8 Å². The molecule has 40 heavy (non-hydrogen) atoms. The molecule has 4 heteroatoms. The average molecular weight is 559 g/mol. The van der Waals surface area contributed by atoms with E-state index in [1.165, 1.54) is 41.9 Å². The van der Waals surface area contributed by atoms with Crippen molar-refractivity contribution in [1.82, 2.24) is 0 Å². The number of rotatable bonds is 2. The second kappa shape index (κ2) is 10.2. The first-order chi connectivity index (χ1) is 19.1. The van der Waals surface area contributed by atoms with Crippen molar-refractivity contribution in [3.05, 3.63) is 129 Å². The molecule has 0 saturated heterocycles. The molecule has 0 saturated carbocycles. The van der Waals surface area contributed by atoms with E-state index in [4.69, 9.17) is 9.98 Å². The van der Waals surface area contributed by atoms with Gasteiger partial charge in [0, 0.05) is 20.9 Å². The summed E-state index contributed by atoms with van der Waals surface area (Å²) < 4.78 is 0. The second-order valence-corrected chi connectivity index (χ2v) is 14.5. The normalized spacial score (nSPS) is 18.9. The Labute approximate surface area is 246 Å². The fraction of sp³-hybridized carbons (Fsp3) is 0.222. The van der Waals surface area contributed by atoms with E-state index < -0.39 is 0 Å². The van der Waals surface area contributed by atoms with Gasteiger partial charge in [0.2, 0.25) is 0 Å². The Hall–Kier alpha value is -3.34. The Morgan fingerprint density at radius 2 is 0.800 bits per heavy atom. The SMILES string of the molecule is CC(C)(C)c1ccc(N=C2/C(=C3\Sc4ccccc4C3=Nc3ccc(C(C)(C)C)cc3)Sc3ccccc32)cc1. The molecule has 0 amide bonds. The lowest BCUT2D eigenvalue weighted by Gasteiger charge is -2.18. The highest BCUT2D eigenvalue weighted by molar-refractivity contribution is 8.08. The molecule has 6 rings (SSSR count). The lowest BCUT2D eigenvalue weighted by Crippen LogP contribution is -2.10. The smallest absolute Gasteiger partial charge is 0.0872 e. The van der Waals surface area contributed by atoms with Crippen LogP contribution in [0.3, 0.4) is 0 Å². The van der Waals surface area contributed by atoms with Gasteiger partial charge in [-0.05, 0) is 58.4 Å². The molecule has 0 atom stereocenters. The third-order valence-electron chi connectivity index (χ3n) is 7.29. The van der Waals surface area contributed by atoms with Gasteiger partial charge in [0.05, 0.1) is 32.6 Å². The highest BCUT2D eigenvalue weighted by Crippen LogP contribution is 2.51. The molecule has 2 aliphatic heterocycles. The van der Waals surface area contributed by atoms with E-state index in [1.807, 2.05) is 0 Å². The summed E-state index contributed by atoms with van der Waals surface area (Å²) in [5.41, 5.74) is 9.18. The molecule has 2 heterocycles. The van der Waals surface area contributed by atoms with E-state index in [1.54, 1.807) is 23.5 Å². The maximum Gasteiger partial charge on any atom is 0.0872 e. The summed E-state index contributed by atoms with van der Waals surface area (Å²) in [6, 6.07) is 34.6. The summed E-state index contributed by atoms with van der Waals surface area (Å²) in [7, 11) is 0. The summed E-state index contributed by atoms with van der Waals surface area (Å²) in [6.07, 6.45) is 0. The van der Waals surface area contributed by atoms with Gasteiger partial charge in [-0.2, -0.15) is 0 Å². The molecular weight excluding hydrogens is 525 g/mol. The van der Waals surface area contributed by atoms with Crippen molar-refractivity contribution in [2.24, 2.45) is 9.98 Å². The Bertz CT molecular complexity index is 1550. The van der Waals surface area contributed by atoms with Gasteiger partial charge in [-0.1, -0.05) is 126 Å². The van der Waals surface area contributed by atoms with Gasteiger partial charge in [-0.25, -0.2) is 9.98 Å². The Morgan fingerprint density at radius 1 is 0.450 bits per heavy atom. The van der Waals surface area contributed by atoms with Crippen LogP contribution in [0.25, 0.3) is 0 Å². The van der Waals surface area contributed by atoms with Gasteiger partial charge in [0.15, 0.2) is 0 Å².